The zero-order chi connectivity index (χ0) is 14.1. The molecule has 0 spiro atoms. The van der Waals surface area contributed by atoms with Gasteiger partial charge >= 0.3 is 6.18 Å². The normalized spacial score (nSPS) is 14.9. The van der Waals surface area contributed by atoms with Crippen molar-refractivity contribution in [2.75, 3.05) is 7.11 Å². The molecule has 18 heavy (non-hydrogen) atoms. The predicted molar refractivity (Wildman–Crippen MR) is 74.1 cm³/mol. The Morgan fingerprint density at radius 3 is 2.33 bits per heavy atom. The number of ether oxygens (including phenoxy) is 1. The first-order valence-corrected chi connectivity index (χ1v) is 10.2. The van der Waals surface area contributed by atoms with Gasteiger partial charge in [-0.2, -0.15) is 13.2 Å². The molecule has 0 N–H and O–H groups in total. The molecule has 1 heterocycles. The number of rotatable bonds is 4. The van der Waals surface area contributed by atoms with Crippen LogP contribution in [-0.4, -0.2) is 24.7 Å². The number of hydrogen-bond acceptors (Lipinski definition) is 2. The number of hydrogen-bond donors (Lipinski definition) is 0. The summed E-state index contributed by atoms with van der Waals surface area (Å²) in [5.74, 6) is 0. The minimum atomic E-state index is -4.41. The van der Waals surface area contributed by atoms with Gasteiger partial charge < -0.3 is 4.74 Å². The second kappa shape index (κ2) is 5.49. The van der Waals surface area contributed by atoms with E-state index >= 15 is 0 Å². The Balaban J connectivity index is 3.04. The molecule has 3 nitrogen and oxygen atoms in total. The predicted octanol–water partition coefficient (Wildman–Crippen LogP) is 3.99. The summed E-state index contributed by atoms with van der Waals surface area (Å²) >= 11 is 1.80. The van der Waals surface area contributed by atoms with Crippen molar-refractivity contribution < 1.29 is 17.9 Å². The Hall–Kier alpha value is -0.0931. The third-order valence-corrected chi connectivity index (χ3v) is 4.72. The highest BCUT2D eigenvalue weighted by Crippen LogP contribution is 2.31. The molecular formula is C10H16F3IN2OSi. The van der Waals surface area contributed by atoms with Gasteiger partial charge in [-0.3, -0.25) is 4.57 Å². The summed E-state index contributed by atoms with van der Waals surface area (Å²) in [6.07, 6.45) is -3.77. The molecule has 104 valence electrons. The number of halogens is 4. The maximum Gasteiger partial charge on any atom is 0.434 e. The average molecular weight is 392 g/mol. The van der Waals surface area contributed by atoms with E-state index in [1.54, 1.807) is 22.6 Å². The van der Waals surface area contributed by atoms with E-state index in [1.165, 1.54) is 11.7 Å². The number of imidazole rings is 1. The van der Waals surface area contributed by atoms with Gasteiger partial charge in [-0.05, 0) is 6.04 Å². The largest absolute Gasteiger partial charge is 0.434 e. The summed E-state index contributed by atoms with van der Waals surface area (Å²) in [5, 5.41) is 0. The fourth-order valence-electron chi connectivity index (χ4n) is 1.53. The molecule has 0 saturated heterocycles. The van der Waals surface area contributed by atoms with Crippen LogP contribution in [0.15, 0.2) is 6.20 Å². The SMILES string of the molecule is COC(C[Si](C)(C)C)n1cc(C(F)(F)F)nc1I. The van der Waals surface area contributed by atoms with Crippen molar-refractivity contribution in [3.05, 3.63) is 15.7 Å². The highest BCUT2D eigenvalue weighted by atomic mass is 127. The zero-order valence-corrected chi connectivity index (χ0v) is 13.8. The molecule has 1 atom stereocenters. The first-order valence-electron chi connectivity index (χ1n) is 5.39. The summed E-state index contributed by atoms with van der Waals surface area (Å²) in [6, 6.07) is 0.743. The third kappa shape index (κ3) is 4.23. The first kappa shape index (κ1) is 16.0. The van der Waals surface area contributed by atoms with E-state index < -0.39 is 19.9 Å². The fourth-order valence-corrected chi connectivity index (χ4v) is 3.65. The monoisotopic (exact) mass is 392 g/mol. The second-order valence-corrected chi connectivity index (χ2v) is 11.7. The summed E-state index contributed by atoms with van der Waals surface area (Å²) in [4.78, 5) is 3.54. The molecular weight excluding hydrogens is 376 g/mol. The van der Waals surface area contributed by atoms with Gasteiger partial charge in [0.15, 0.2) is 9.53 Å². The van der Waals surface area contributed by atoms with E-state index in [1.807, 2.05) is 0 Å². The van der Waals surface area contributed by atoms with Crippen LogP contribution < -0.4 is 0 Å². The Labute approximate surface area is 119 Å². The lowest BCUT2D eigenvalue weighted by molar-refractivity contribution is -0.141. The van der Waals surface area contributed by atoms with Crippen LogP contribution in [0.4, 0.5) is 13.2 Å². The van der Waals surface area contributed by atoms with Gasteiger partial charge in [0.1, 0.15) is 6.23 Å². The zero-order valence-electron chi connectivity index (χ0n) is 10.7. The van der Waals surface area contributed by atoms with Gasteiger partial charge in [0.2, 0.25) is 0 Å². The molecule has 8 heteroatoms. The lowest BCUT2D eigenvalue weighted by atomic mass is 10.5. The fraction of sp³-hybridized carbons (Fsp3) is 0.700. The van der Waals surface area contributed by atoms with Crippen molar-refractivity contribution in [2.45, 2.75) is 38.1 Å². The lowest BCUT2D eigenvalue weighted by Crippen LogP contribution is -2.27. The maximum atomic E-state index is 12.6. The van der Waals surface area contributed by atoms with E-state index in [0.717, 1.165) is 12.2 Å². The van der Waals surface area contributed by atoms with E-state index in [-0.39, 0.29) is 6.23 Å². The van der Waals surface area contributed by atoms with Crippen molar-refractivity contribution in [2.24, 2.45) is 0 Å². The van der Waals surface area contributed by atoms with E-state index in [2.05, 4.69) is 24.6 Å². The van der Waals surface area contributed by atoms with Gasteiger partial charge in [0.25, 0.3) is 0 Å². The molecule has 0 aliphatic heterocycles. The number of alkyl halides is 3. The molecule has 1 aromatic rings. The van der Waals surface area contributed by atoms with Crippen molar-refractivity contribution in [1.82, 2.24) is 9.55 Å². The Morgan fingerprint density at radius 2 is 2.00 bits per heavy atom. The molecule has 1 unspecified atom stereocenters. The summed E-state index contributed by atoms with van der Waals surface area (Å²) < 4.78 is 44.8. The summed E-state index contributed by atoms with van der Waals surface area (Å²) in [6.45, 7) is 6.44. The van der Waals surface area contributed by atoms with E-state index in [0.29, 0.717) is 3.83 Å². The number of aromatic nitrogens is 2. The van der Waals surface area contributed by atoms with Gasteiger partial charge in [-0.15, -0.1) is 0 Å². The van der Waals surface area contributed by atoms with Crippen molar-refractivity contribution in [3.63, 3.8) is 0 Å². The van der Waals surface area contributed by atoms with Crippen LogP contribution in [0, 0.1) is 3.83 Å². The van der Waals surface area contributed by atoms with Crippen molar-refractivity contribution in [3.8, 4) is 0 Å². The topological polar surface area (TPSA) is 27.1 Å². The molecule has 1 aromatic heterocycles. The maximum absolute atomic E-state index is 12.6. The van der Waals surface area contributed by atoms with Gasteiger partial charge in [0.05, 0.1) is 0 Å². The molecule has 0 aromatic carbocycles. The molecule has 0 aliphatic rings. The van der Waals surface area contributed by atoms with E-state index in [4.69, 9.17) is 4.74 Å². The second-order valence-electron chi connectivity index (χ2n) is 5.26. The molecule has 0 fully saturated rings. The Morgan fingerprint density at radius 1 is 1.44 bits per heavy atom. The van der Waals surface area contributed by atoms with Gasteiger partial charge in [-0.1, -0.05) is 19.6 Å². The summed E-state index contributed by atoms with van der Waals surface area (Å²) in [5.41, 5.74) is -0.871. The summed E-state index contributed by atoms with van der Waals surface area (Å²) in [7, 11) is 0.0663. The van der Waals surface area contributed by atoms with Gasteiger partial charge in [-0.25, -0.2) is 4.98 Å². The van der Waals surface area contributed by atoms with Crippen LogP contribution >= 0.6 is 22.6 Å². The Bertz CT molecular complexity index is 414. The first-order chi connectivity index (χ1) is 8.04. The quantitative estimate of drug-likeness (QED) is 0.573. The smallest absolute Gasteiger partial charge is 0.362 e. The standard InChI is InChI=1S/C10H16F3IN2OSi/c1-17-8(6-18(2,3)4)16-5-7(10(11,12)13)15-9(16)14/h5,8H,6H2,1-4H3. The van der Waals surface area contributed by atoms with Crippen molar-refractivity contribution >= 4 is 30.7 Å². The minimum absolute atomic E-state index is 0.296. The lowest BCUT2D eigenvalue weighted by Gasteiger charge is -2.24. The molecule has 0 saturated carbocycles. The highest BCUT2D eigenvalue weighted by Gasteiger charge is 2.35. The van der Waals surface area contributed by atoms with Crippen LogP contribution in [0.2, 0.25) is 25.7 Å². The van der Waals surface area contributed by atoms with Crippen LogP contribution in [-0.2, 0) is 10.9 Å². The van der Waals surface area contributed by atoms with Crippen molar-refractivity contribution in [1.29, 1.82) is 0 Å². The van der Waals surface area contributed by atoms with Crippen LogP contribution in [0.25, 0.3) is 0 Å². The van der Waals surface area contributed by atoms with E-state index in [9.17, 15) is 13.2 Å². The third-order valence-electron chi connectivity index (χ3n) is 2.35. The number of nitrogens with zero attached hydrogens (tertiary/aromatic N) is 2. The molecule has 0 amide bonds. The molecule has 0 radical (unpaired) electrons. The number of methoxy groups -OCH3 is 1. The van der Waals surface area contributed by atoms with Crippen LogP contribution in [0.3, 0.4) is 0 Å². The van der Waals surface area contributed by atoms with Gasteiger partial charge in [0, 0.05) is 44.0 Å². The molecule has 0 aliphatic carbocycles. The minimum Gasteiger partial charge on any atom is -0.362 e. The molecule has 1 rings (SSSR count). The van der Waals surface area contributed by atoms with Crippen LogP contribution in [0.5, 0.6) is 0 Å². The Kier molecular flexibility index (Phi) is 4.87. The average Bonchev–Trinajstić information content (AvgIpc) is 2.55. The molecule has 0 bridgehead atoms. The highest BCUT2D eigenvalue weighted by molar-refractivity contribution is 14.1. The van der Waals surface area contributed by atoms with Crippen LogP contribution in [0.1, 0.15) is 11.9 Å².